The number of aryl methyl sites for hydroxylation is 2. The van der Waals surface area contributed by atoms with Crippen LogP contribution in [0.5, 0.6) is 0 Å². The molecule has 1 spiro atoms. The van der Waals surface area contributed by atoms with Crippen LogP contribution in [0.4, 0.5) is 10.8 Å². The highest BCUT2D eigenvalue weighted by molar-refractivity contribution is 7.15. The molecule has 0 fully saturated rings. The van der Waals surface area contributed by atoms with Gasteiger partial charge >= 0.3 is 0 Å². The summed E-state index contributed by atoms with van der Waals surface area (Å²) < 4.78 is 6.18. The molecule has 37 heavy (non-hydrogen) atoms. The Kier molecular flexibility index (Phi) is 5.14. The van der Waals surface area contributed by atoms with Crippen molar-refractivity contribution in [3.8, 4) is 0 Å². The molecule has 0 aliphatic carbocycles. The number of carbonyl (C=O) groups is 2. The van der Waals surface area contributed by atoms with E-state index in [0.717, 1.165) is 16.1 Å². The minimum absolute atomic E-state index is 0.0469. The van der Waals surface area contributed by atoms with E-state index in [1.54, 1.807) is 17.0 Å². The number of fused-ring (bicyclic) bond motifs is 5. The quantitative estimate of drug-likeness (QED) is 0.378. The van der Waals surface area contributed by atoms with E-state index in [2.05, 4.69) is 10.2 Å². The number of nitrogens with zero attached hydrogens (tertiary/aromatic N) is 4. The molecule has 0 N–H and O–H groups in total. The van der Waals surface area contributed by atoms with Gasteiger partial charge in [0.05, 0.1) is 16.6 Å². The van der Waals surface area contributed by atoms with Crippen LogP contribution in [0.3, 0.4) is 0 Å². The molecule has 4 heterocycles. The van der Waals surface area contributed by atoms with Crippen molar-refractivity contribution in [1.29, 1.82) is 0 Å². The molecule has 2 aromatic carbocycles. The van der Waals surface area contributed by atoms with E-state index in [4.69, 9.17) is 4.42 Å². The predicted octanol–water partition coefficient (Wildman–Crippen LogP) is 5.05. The molecule has 2 aliphatic heterocycles. The number of amides is 2. The predicted molar refractivity (Wildman–Crippen MR) is 143 cm³/mol. The second-order valence-corrected chi connectivity index (χ2v) is 11.0. The van der Waals surface area contributed by atoms with Gasteiger partial charge in [0.25, 0.3) is 11.8 Å². The highest BCUT2D eigenvalue weighted by Crippen LogP contribution is 2.54. The van der Waals surface area contributed by atoms with Crippen molar-refractivity contribution in [2.24, 2.45) is 0 Å². The first-order valence-electron chi connectivity index (χ1n) is 12.4. The number of benzene rings is 2. The molecule has 9 heteroatoms. The van der Waals surface area contributed by atoms with Crippen LogP contribution in [0.15, 0.2) is 45.6 Å². The zero-order chi connectivity index (χ0) is 26.2. The summed E-state index contributed by atoms with van der Waals surface area (Å²) >= 11 is 1.25. The van der Waals surface area contributed by atoms with Crippen molar-refractivity contribution in [2.45, 2.75) is 52.5 Å². The molecule has 2 amide bonds. The lowest BCUT2D eigenvalue weighted by molar-refractivity contribution is -0.121. The fourth-order valence-electron chi connectivity index (χ4n) is 5.41. The van der Waals surface area contributed by atoms with E-state index in [1.807, 2.05) is 58.9 Å². The smallest absolute Gasteiger partial charge is 0.297 e. The van der Waals surface area contributed by atoms with Crippen molar-refractivity contribution < 1.29 is 14.0 Å². The maximum absolute atomic E-state index is 14.5. The van der Waals surface area contributed by atoms with Gasteiger partial charge in [-0.15, -0.1) is 10.2 Å². The van der Waals surface area contributed by atoms with Crippen LogP contribution in [-0.2, 0) is 10.3 Å². The lowest BCUT2D eigenvalue weighted by Gasteiger charge is -2.32. The van der Waals surface area contributed by atoms with Crippen molar-refractivity contribution in [3.05, 3.63) is 79.6 Å². The standard InChI is InChI=1S/C28H26N4O4S/c1-6-11-31-19-10-8-7-9-18(19)28(26(31)35)21-22(33)17-12-15(4)16(5)13-20(17)36-23(21)25(34)32(28)27-30-29-24(37-27)14(2)3/h7-10,12-14H,6,11H2,1-5H3. The molecular formula is C28H26N4O4S. The van der Waals surface area contributed by atoms with Crippen LogP contribution >= 0.6 is 11.3 Å². The lowest BCUT2D eigenvalue weighted by Crippen LogP contribution is -2.53. The SMILES string of the molecule is CCCN1C(=O)C2(c3ccccc31)c1c(oc3cc(C)c(C)cc3c1=O)C(=O)N2c1nnc(C(C)C)s1. The van der Waals surface area contributed by atoms with E-state index >= 15 is 0 Å². The molecule has 4 aromatic rings. The summed E-state index contributed by atoms with van der Waals surface area (Å²) in [6.07, 6.45) is 0.706. The first kappa shape index (κ1) is 23.5. The van der Waals surface area contributed by atoms with Gasteiger partial charge in [0.15, 0.2) is 11.0 Å². The average Bonchev–Trinajstić information content (AvgIpc) is 3.51. The zero-order valence-electron chi connectivity index (χ0n) is 21.3. The van der Waals surface area contributed by atoms with Gasteiger partial charge in [-0.3, -0.25) is 19.3 Å². The van der Waals surface area contributed by atoms with Gasteiger partial charge in [-0.25, -0.2) is 0 Å². The molecule has 8 nitrogen and oxygen atoms in total. The number of hydrogen-bond donors (Lipinski definition) is 0. The Balaban J connectivity index is 1.75. The third kappa shape index (κ3) is 2.97. The van der Waals surface area contributed by atoms with Crippen molar-refractivity contribution in [1.82, 2.24) is 10.2 Å². The largest absolute Gasteiger partial charge is 0.450 e. The highest BCUT2D eigenvalue weighted by Gasteiger charge is 2.66. The Morgan fingerprint density at radius 3 is 2.49 bits per heavy atom. The number of carbonyl (C=O) groups excluding carboxylic acids is 2. The lowest BCUT2D eigenvalue weighted by atomic mass is 9.84. The second-order valence-electron chi connectivity index (χ2n) is 9.97. The number of anilines is 2. The molecular weight excluding hydrogens is 488 g/mol. The summed E-state index contributed by atoms with van der Waals surface area (Å²) in [6.45, 7) is 10.2. The second kappa shape index (κ2) is 8.08. The first-order chi connectivity index (χ1) is 17.7. The van der Waals surface area contributed by atoms with Gasteiger partial charge in [0.2, 0.25) is 10.9 Å². The van der Waals surface area contributed by atoms with Gasteiger partial charge in [0, 0.05) is 18.0 Å². The monoisotopic (exact) mass is 514 g/mol. The van der Waals surface area contributed by atoms with E-state index in [0.29, 0.717) is 35.2 Å². The third-order valence-electron chi connectivity index (χ3n) is 7.30. The summed E-state index contributed by atoms with van der Waals surface area (Å²) in [7, 11) is 0. The number of rotatable bonds is 4. The van der Waals surface area contributed by atoms with Crippen LogP contribution in [0.1, 0.15) is 70.9 Å². The summed E-state index contributed by atoms with van der Waals surface area (Å²) in [6, 6.07) is 10.9. The van der Waals surface area contributed by atoms with E-state index < -0.39 is 11.4 Å². The van der Waals surface area contributed by atoms with Crippen molar-refractivity contribution >= 4 is 44.9 Å². The van der Waals surface area contributed by atoms with Crippen molar-refractivity contribution in [3.63, 3.8) is 0 Å². The van der Waals surface area contributed by atoms with Gasteiger partial charge in [-0.05, 0) is 49.6 Å². The zero-order valence-corrected chi connectivity index (χ0v) is 22.1. The molecule has 0 saturated carbocycles. The minimum atomic E-state index is -1.72. The Morgan fingerprint density at radius 1 is 1.05 bits per heavy atom. The van der Waals surface area contributed by atoms with Crippen LogP contribution in [-0.4, -0.2) is 28.6 Å². The minimum Gasteiger partial charge on any atom is -0.450 e. The van der Waals surface area contributed by atoms with Crippen LogP contribution in [0.2, 0.25) is 0 Å². The molecule has 2 aromatic heterocycles. The Labute approximate surface area is 217 Å². The molecule has 1 unspecified atom stereocenters. The van der Waals surface area contributed by atoms with Crippen LogP contribution < -0.4 is 15.2 Å². The Bertz CT molecular complexity index is 1690. The number of hydrogen-bond acceptors (Lipinski definition) is 7. The maximum Gasteiger partial charge on any atom is 0.297 e. The van der Waals surface area contributed by atoms with Crippen LogP contribution in [0.25, 0.3) is 11.0 Å². The molecule has 0 saturated heterocycles. The maximum atomic E-state index is 14.5. The summed E-state index contributed by atoms with van der Waals surface area (Å²) in [5.74, 6) is -0.970. The van der Waals surface area contributed by atoms with E-state index in [-0.39, 0.29) is 33.7 Å². The summed E-state index contributed by atoms with van der Waals surface area (Å²) in [5, 5.41) is 9.96. The molecule has 0 bridgehead atoms. The first-order valence-corrected chi connectivity index (χ1v) is 13.2. The Hall–Kier alpha value is -3.85. The van der Waals surface area contributed by atoms with Gasteiger partial charge in [-0.2, -0.15) is 0 Å². The van der Waals surface area contributed by atoms with Crippen molar-refractivity contribution in [2.75, 3.05) is 16.3 Å². The summed E-state index contributed by atoms with van der Waals surface area (Å²) in [5.41, 5.74) is 1.36. The van der Waals surface area contributed by atoms with Crippen LogP contribution in [0, 0.1) is 13.8 Å². The average molecular weight is 515 g/mol. The third-order valence-corrected chi connectivity index (χ3v) is 8.51. The molecule has 6 rings (SSSR count). The molecule has 2 aliphatic rings. The van der Waals surface area contributed by atoms with Gasteiger partial charge < -0.3 is 9.32 Å². The normalized spacial score (nSPS) is 18.5. The number of para-hydroxylation sites is 1. The fourth-order valence-corrected chi connectivity index (χ4v) is 6.31. The van der Waals surface area contributed by atoms with E-state index in [1.165, 1.54) is 16.2 Å². The Morgan fingerprint density at radius 2 is 1.78 bits per heavy atom. The van der Waals surface area contributed by atoms with Gasteiger partial charge in [-0.1, -0.05) is 50.3 Å². The highest BCUT2D eigenvalue weighted by atomic mass is 32.1. The summed E-state index contributed by atoms with van der Waals surface area (Å²) in [4.78, 5) is 46.0. The van der Waals surface area contributed by atoms with E-state index in [9.17, 15) is 14.4 Å². The topological polar surface area (TPSA) is 96.6 Å². The number of aromatic nitrogens is 2. The molecule has 0 radical (unpaired) electrons. The van der Waals surface area contributed by atoms with Gasteiger partial charge in [0.1, 0.15) is 10.6 Å². The molecule has 188 valence electrons. The fraction of sp³-hybridized carbons (Fsp3) is 0.321. The molecule has 1 atom stereocenters.